The number of benzene rings is 1. The van der Waals surface area contributed by atoms with Crippen molar-refractivity contribution in [2.45, 2.75) is 142 Å². The highest BCUT2D eigenvalue weighted by Gasteiger charge is 2.24. The van der Waals surface area contributed by atoms with Gasteiger partial charge in [-0.05, 0) is 43.6 Å². The van der Waals surface area contributed by atoms with E-state index < -0.39 is 30.6 Å². The molecule has 0 saturated carbocycles. The Bertz CT molecular complexity index is 1210. The molecule has 0 bridgehead atoms. The molecule has 298 valence electrons. The second kappa shape index (κ2) is 29.3. The minimum atomic E-state index is -1.24. The zero-order valence-electron chi connectivity index (χ0n) is 32.0. The zero-order valence-corrected chi connectivity index (χ0v) is 32.0. The Kier molecular flexibility index (Phi) is 24.9. The van der Waals surface area contributed by atoms with Crippen molar-refractivity contribution in [3.8, 4) is 0 Å². The van der Waals surface area contributed by atoms with Gasteiger partial charge in [0.25, 0.3) is 0 Å². The summed E-state index contributed by atoms with van der Waals surface area (Å²) in [7, 11) is 0. The first kappa shape index (κ1) is 45.0. The third-order valence-electron chi connectivity index (χ3n) is 9.51. The first-order valence-electron chi connectivity index (χ1n) is 19.9. The quantitative estimate of drug-likeness (QED) is 0.0409. The number of piperidine rings is 1. The van der Waals surface area contributed by atoms with Gasteiger partial charge in [-0.1, -0.05) is 119 Å². The number of rotatable bonds is 29. The maximum absolute atomic E-state index is 12.7. The maximum atomic E-state index is 12.7. The van der Waals surface area contributed by atoms with E-state index >= 15 is 0 Å². The van der Waals surface area contributed by atoms with Gasteiger partial charge in [-0.25, -0.2) is 4.79 Å². The molecular formula is C40H65N5O8. The molecule has 2 rings (SSSR count). The van der Waals surface area contributed by atoms with Gasteiger partial charge in [0.15, 0.2) is 0 Å². The number of carboxylic acid groups (broad SMARTS) is 1. The fourth-order valence-electron chi connectivity index (χ4n) is 6.27. The van der Waals surface area contributed by atoms with Crippen molar-refractivity contribution in [3.63, 3.8) is 0 Å². The average Bonchev–Trinajstić information content (AvgIpc) is 3.16. The van der Waals surface area contributed by atoms with Crippen LogP contribution in [0.5, 0.6) is 0 Å². The van der Waals surface area contributed by atoms with E-state index in [2.05, 4.69) is 28.0 Å². The van der Waals surface area contributed by atoms with E-state index in [0.29, 0.717) is 18.9 Å². The number of carboxylic acids is 1. The molecule has 0 aromatic heterocycles. The minimum absolute atomic E-state index is 0.0160. The Morgan fingerprint density at radius 3 is 2.11 bits per heavy atom. The van der Waals surface area contributed by atoms with E-state index in [-0.39, 0.29) is 37.8 Å². The van der Waals surface area contributed by atoms with Crippen LogP contribution in [0.2, 0.25) is 0 Å². The summed E-state index contributed by atoms with van der Waals surface area (Å²) in [6.07, 6.45) is 20.7. The van der Waals surface area contributed by atoms with Crippen LogP contribution in [0.3, 0.4) is 0 Å². The number of nitrogens with one attached hydrogen (secondary N) is 3. The number of ether oxygens (including phenoxy) is 1. The van der Waals surface area contributed by atoms with Crippen LogP contribution in [-0.4, -0.2) is 84.8 Å². The van der Waals surface area contributed by atoms with Crippen LogP contribution >= 0.6 is 0 Å². The number of aliphatic carboxylic acids is 1. The number of alkyl carbamates (subject to hydrolysis) is 1. The van der Waals surface area contributed by atoms with Crippen molar-refractivity contribution in [2.75, 3.05) is 32.8 Å². The monoisotopic (exact) mass is 743 g/mol. The lowest BCUT2D eigenvalue weighted by molar-refractivity contribution is -0.138. The Hall–Kier alpha value is -4.16. The summed E-state index contributed by atoms with van der Waals surface area (Å²) >= 11 is 0. The lowest BCUT2D eigenvalue weighted by atomic mass is 9.93. The van der Waals surface area contributed by atoms with Gasteiger partial charge in [0, 0.05) is 25.9 Å². The van der Waals surface area contributed by atoms with Crippen molar-refractivity contribution in [1.82, 2.24) is 20.9 Å². The van der Waals surface area contributed by atoms with Gasteiger partial charge in [-0.15, -0.1) is 0 Å². The lowest BCUT2D eigenvalue weighted by Gasteiger charge is -2.32. The van der Waals surface area contributed by atoms with Crippen molar-refractivity contribution >= 4 is 36.0 Å². The summed E-state index contributed by atoms with van der Waals surface area (Å²) in [6, 6.07) is 7.80. The number of likely N-dealkylation sites (tertiary alicyclic amines) is 1. The average molecular weight is 744 g/mol. The predicted molar refractivity (Wildman–Crippen MR) is 205 cm³/mol. The van der Waals surface area contributed by atoms with Gasteiger partial charge >= 0.3 is 12.1 Å². The summed E-state index contributed by atoms with van der Waals surface area (Å²) in [5, 5.41) is 20.0. The maximum Gasteiger partial charge on any atom is 0.408 e. The Labute approximate surface area is 316 Å². The molecule has 0 radical (unpaired) electrons. The van der Waals surface area contributed by atoms with Crippen LogP contribution in [0.4, 0.5) is 4.79 Å². The molecule has 1 aliphatic rings. The Balaban J connectivity index is 1.50. The first-order chi connectivity index (χ1) is 25.8. The summed E-state index contributed by atoms with van der Waals surface area (Å²) < 4.78 is 5.15. The van der Waals surface area contributed by atoms with Crippen LogP contribution in [-0.2, 0) is 35.4 Å². The van der Waals surface area contributed by atoms with Gasteiger partial charge in [-0.3, -0.25) is 19.2 Å². The fourth-order valence-corrected chi connectivity index (χ4v) is 6.27. The second-order valence-electron chi connectivity index (χ2n) is 13.9. The van der Waals surface area contributed by atoms with E-state index in [1.807, 2.05) is 11.0 Å². The molecule has 4 amide bonds. The lowest BCUT2D eigenvalue weighted by Crippen LogP contribution is -2.48. The highest BCUT2D eigenvalue weighted by Crippen LogP contribution is 2.22. The van der Waals surface area contributed by atoms with Gasteiger partial charge < -0.3 is 35.5 Å². The topological polar surface area (TPSA) is 176 Å². The molecule has 4 N–H and O–H groups in total. The number of carbonyl (C=O) groups excluding carboxylic acids is 4. The highest BCUT2D eigenvalue weighted by atomic mass is 16.6. The van der Waals surface area contributed by atoms with E-state index in [1.165, 1.54) is 76.8 Å². The molecular weight excluding hydrogens is 678 g/mol. The van der Waals surface area contributed by atoms with Gasteiger partial charge in [0.05, 0.1) is 12.8 Å². The standard InChI is InChI=1S/C40H65N5O8/c1-2-3-4-5-6-7-8-9-10-11-12-13-17-20-37(47)45-28-23-33(24-29-45)25-30-53-43-27-26-41-36(46)22-21-35(39(50)42-31-38(48)49)44-40(51)52-32-34-18-15-14-16-19-34/h14-16,18-19,27,33,35H,2-13,17,20-26,28-32H2,1H3,(H,41,46)(H,42,50)(H,44,51)(H,48,49)/b43-27-. The van der Waals surface area contributed by atoms with Crippen molar-refractivity contribution in [3.05, 3.63) is 35.9 Å². The third kappa shape index (κ3) is 23.2. The minimum Gasteiger partial charge on any atom is -0.480 e. The molecule has 13 heteroatoms. The number of nitrogens with zero attached hydrogens (tertiary/aromatic N) is 2. The van der Waals surface area contributed by atoms with Gasteiger partial charge in [0.1, 0.15) is 25.8 Å². The van der Waals surface area contributed by atoms with Crippen LogP contribution in [0.15, 0.2) is 35.5 Å². The number of hydrogen-bond acceptors (Lipinski definition) is 8. The van der Waals surface area contributed by atoms with Gasteiger partial charge in [-0.2, -0.15) is 0 Å². The van der Waals surface area contributed by atoms with Crippen molar-refractivity contribution in [2.24, 2.45) is 11.1 Å². The van der Waals surface area contributed by atoms with E-state index in [9.17, 15) is 24.0 Å². The molecule has 1 saturated heterocycles. The largest absolute Gasteiger partial charge is 0.480 e. The molecule has 1 fully saturated rings. The summed E-state index contributed by atoms with van der Waals surface area (Å²) in [6.45, 7) is 3.76. The van der Waals surface area contributed by atoms with Crippen molar-refractivity contribution in [1.29, 1.82) is 0 Å². The molecule has 53 heavy (non-hydrogen) atoms. The normalized spacial score (nSPS) is 13.7. The fraction of sp³-hybridized carbons (Fsp3) is 0.700. The molecule has 1 aromatic rings. The third-order valence-corrected chi connectivity index (χ3v) is 9.51. The second-order valence-corrected chi connectivity index (χ2v) is 13.9. The van der Waals surface area contributed by atoms with E-state index in [4.69, 9.17) is 14.7 Å². The molecule has 0 spiro atoms. The number of oxime groups is 1. The smallest absolute Gasteiger partial charge is 0.408 e. The molecule has 1 heterocycles. The molecule has 13 nitrogen and oxygen atoms in total. The molecule has 1 atom stereocenters. The zero-order chi connectivity index (χ0) is 38.4. The summed E-state index contributed by atoms with van der Waals surface area (Å²) in [5.74, 6) is -1.61. The van der Waals surface area contributed by atoms with E-state index in [1.54, 1.807) is 24.3 Å². The summed E-state index contributed by atoms with van der Waals surface area (Å²) in [4.78, 5) is 68.1. The van der Waals surface area contributed by atoms with Gasteiger partial charge in [0.2, 0.25) is 17.7 Å². The molecule has 1 aromatic carbocycles. The Morgan fingerprint density at radius 1 is 0.868 bits per heavy atom. The van der Waals surface area contributed by atoms with Crippen LogP contribution in [0.1, 0.15) is 134 Å². The van der Waals surface area contributed by atoms with Crippen LogP contribution in [0, 0.1) is 5.92 Å². The number of hydrogen-bond donors (Lipinski definition) is 4. The van der Waals surface area contributed by atoms with Crippen molar-refractivity contribution < 1.29 is 38.7 Å². The predicted octanol–water partition coefficient (Wildman–Crippen LogP) is 6.49. The number of unbranched alkanes of at least 4 members (excludes halogenated alkanes) is 12. The number of amides is 4. The first-order valence-corrected chi connectivity index (χ1v) is 19.9. The molecule has 1 unspecified atom stereocenters. The highest BCUT2D eigenvalue weighted by molar-refractivity contribution is 5.88. The van der Waals surface area contributed by atoms with Crippen LogP contribution in [0.25, 0.3) is 0 Å². The SMILES string of the molecule is CCCCCCCCCCCCCCCC(=O)N1CCC(CCO/N=C\CNC(=O)CCC(NC(=O)OCc2ccccc2)C(=O)NCC(=O)O)CC1. The molecule has 1 aliphatic heterocycles. The van der Waals surface area contributed by atoms with Crippen LogP contribution < -0.4 is 16.0 Å². The number of carbonyl (C=O) groups is 5. The Morgan fingerprint density at radius 2 is 1.49 bits per heavy atom. The summed E-state index contributed by atoms with van der Waals surface area (Å²) in [5.41, 5.74) is 0.753. The molecule has 0 aliphatic carbocycles. The van der Waals surface area contributed by atoms with E-state index in [0.717, 1.165) is 50.8 Å².